The largest absolute Gasteiger partial charge is 0.387 e. The predicted octanol–water partition coefficient (Wildman–Crippen LogP) is 1.15. The van der Waals surface area contributed by atoms with Crippen LogP contribution in [0.5, 0.6) is 0 Å². The van der Waals surface area contributed by atoms with Crippen LogP contribution in [0.1, 0.15) is 24.5 Å². The SMILES string of the molecule is C#CCN(C(=O)C1=NO[C@@H](c2ccccc2)C1)[C@@H]1CCS(=O)(=O)C1. The smallest absolute Gasteiger partial charge is 0.272 e. The Labute approximate surface area is 141 Å². The molecular formula is C17H18N2O4S. The van der Waals surface area contributed by atoms with Gasteiger partial charge in [0.1, 0.15) is 5.71 Å². The molecule has 0 aromatic heterocycles. The zero-order valence-electron chi connectivity index (χ0n) is 13.1. The molecule has 2 aliphatic heterocycles. The molecule has 1 aromatic rings. The molecule has 3 rings (SSSR count). The van der Waals surface area contributed by atoms with Gasteiger partial charge in [0.05, 0.1) is 18.1 Å². The van der Waals surface area contributed by atoms with E-state index >= 15 is 0 Å². The molecule has 7 heteroatoms. The molecule has 1 aromatic carbocycles. The van der Waals surface area contributed by atoms with Gasteiger partial charge < -0.3 is 9.74 Å². The van der Waals surface area contributed by atoms with Crippen LogP contribution in [0.2, 0.25) is 0 Å². The first-order chi connectivity index (χ1) is 11.5. The molecule has 0 bridgehead atoms. The number of sulfone groups is 1. The molecule has 0 spiro atoms. The van der Waals surface area contributed by atoms with Gasteiger partial charge in [-0.3, -0.25) is 4.79 Å². The van der Waals surface area contributed by atoms with Crippen LogP contribution in [0, 0.1) is 12.3 Å². The normalized spacial score (nSPS) is 24.7. The highest BCUT2D eigenvalue weighted by Gasteiger charge is 2.37. The topological polar surface area (TPSA) is 76.0 Å². The predicted molar refractivity (Wildman–Crippen MR) is 89.9 cm³/mol. The monoisotopic (exact) mass is 346 g/mol. The highest BCUT2D eigenvalue weighted by Crippen LogP contribution is 2.28. The number of oxime groups is 1. The number of carbonyl (C=O) groups is 1. The Bertz CT molecular complexity index is 796. The summed E-state index contributed by atoms with van der Waals surface area (Å²) in [6, 6.07) is 9.13. The lowest BCUT2D eigenvalue weighted by Crippen LogP contribution is -2.44. The number of carbonyl (C=O) groups excluding carboxylic acids is 1. The first kappa shape index (κ1) is 16.5. The first-order valence-corrected chi connectivity index (χ1v) is 9.55. The van der Waals surface area contributed by atoms with Crippen molar-refractivity contribution in [2.45, 2.75) is 25.0 Å². The van der Waals surface area contributed by atoms with Gasteiger partial charge in [-0.05, 0) is 12.0 Å². The van der Waals surface area contributed by atoms with Gasteiger partial charge in [0, 0.05) is 12.5 Å². The lowest BCUT2D eigenvalue weighted by Gasteiger charge is -2.25. The second-order valence-corrected chi connectivity index (χ2v) is 8.17. The van der Waals surface area contributed by atoms with E-state index in [0.717, 1.165) is 5.56 Å². The van der Waals surface area contributed by atoms with Crippen molar-refractivity contribution in [3.05, 3.63) is 35.9 Å². The van der Waals surface area contributed by atoms with E-state index in [1.165, 1.54) is 4.90 Å². The Balaban J connectivity index is 1.71. The lowest BCUT2D eigenvalue weighted by atomic mass is 10.0. The Morgan fingerprint density at radius 2 is 2.12 bits per heavy atom. The third-order valence-corrected chi connectivity index (χ3v) is 6.01. The van der Waals surface area contributed by atoms with Crippen LogP contribution < -0.4 is 0 Å². The van der Waals surface area contributed by atoms with Crippen LogP contribution in [0.25, 0.3) is 0 Å². The Morgan fingerprint density at radius 1 is 1.38 bits per heavy atom. The summed E-state index contributed by atoms with van der Waals surface area (Å²) in [5.41, 5.74) is 1.22. The van der Waals surface area contributed by atoms with Gasteiger partial charge in [-0.2, -0.15) is 0 Å². The highest BCUT2D eigenvalue weighted by atomic mass is 32.2. The van der Waals surface area contributed by atoms with E-state index < -0.39 is 15.9 Å². The zero-order valence-corrected chi connectivity index (χ0v) is 13.9. The molecule has 1 fully saturated rings. The number of hydrogen-bond acceptors (Lipinski definition) is 5. The molecule has 2 heterocycles. The van der Waals surface area contributed by atoms with Gasteiger partial charge >= 0.3 is 0 Å². The van der Waals surface area contributed by atoms with Crippen molar-refractivity contribution in [1.82, 2.24) is 4.90 Å². The quantitative estimate of drug-likeness (QED) is 0.767. The maximum Gasteiger partial charge on any atom is 0.272 e. The van der Waals surface area contributed by atoms with Gasteiger partial charge in [-0.15, -0.1) is 6.42 Å². The molecule has 1 saturated heterocycles. The van der Waals surface area contributed by atoms with Gasteiger partial charge in [0.15, 0.2) is 15.9 Å². The fraction of sp³-hybridized carbons (Fsp3) is 0.412. The van der Waals surface area contributed by atoms with Crippen LogP contribution in [0.3, 0.4) is 0 Å². The van der Waals surface area contributed by atoms with E-state index in [0.29, 0.717) is 12.8 Å². The second kappa shape index (κ2) is 6.65. The molecule has 126 valence electrons. The minimum Gasteiger partial charge on any atom is -0.387 e. The van der Waals surface area contributed by atoms with Gasteiger partial charge in [-0.25, -0.2) is 8.42 Å². The van der Waals surface area contributed by atoms with E-state index in [1.54, 1.807) is 0 Å². The van der Waals surface area contributed by atoms with Crippen molar-refractivity contribution in [3.8, 4) is 12.3 Å². The van der Waals surface area contributed by atoms with Crippen LogP contribution in [-0.4, -0.2) is 49.0 Å². The Hall–Kier alpha value is -2.33. The third-order valence-electron chi connectivity index (χ3n) is 4.26. The number of amides is 1. The fourth-order valence-electron chi connectivity index (χ4n) is 3.00. The number of rotatable bonds is 4. The first-order valence-electron chi connectivity index (χ1n) is 7.72. The summed E-state index contributed by atoms with van der Waals surface area (Å²) in [4.78, 5) is 19.5. The van der Waals surface area contributed by atoms with Crippen molar-refractivity contribution in [3.63, 3.8) is 0 Å². The second-order valence-electron chi connectivity index (χ2n) is 5.94. The lowest BCUT2D eigenvalue weighted by molar-refractivity contribution is -0.125. The minimum absolute atomic E-state index is 0.0450. The zero-order chi connectivity index (χ0) is 17.2. The fourth-order valence-corrected chi connectivity index (χ4v) is 4.73. The molecule has 2 aliphatic rings. The summed E-state index contributed by atoms with van der Waals surface area (Å²) in [5.74, 6) is 2.13. The van der Waals surface area contributed by atoms with Crippen molar-refractivity contribution in [2.24, 2.45) is 5.16 Å². The number of benzene rings is 1. The maximum atomic E-state index is 12.7. The van der Waals surface area contributed by atoms with Crippen LogP contribution in [0.15, 0.2) is 35.5 Å². The van der Waals surface area contributed by atoms with Crippen molar-refractivity contribution >= 4 is 21.5 Å². The third kappa shape index (κ3) is 3.44. The van der Waals surface area contributed by atoms with Gasteiger partial charge in [0.25, 0.3) is 5.91 Å². The minimum atomic E-state index is -3.10. The van der Waals surface area contributed by atoms with E-state index in [9.17, 15) is 13.2 Å². The number of terminal acetylenes is 1. The summed E-state index contributed by atoms with van der Waals surface area (Å²) in [7, 11) is -3.10. The van der Waals surface area contributed by atoms with Crippen molar-refractivity contribution < 1.29 is 18.0 Å². The van der Waals surface area contributed by atoms with E-state index in [4.69, 9.17) is 11.3 Å². The molecule has 6 nitrogen and oxygen atoms in total. The van der Waals surface area contributed by atoms with Gasteiger partial charge in [-0.1, -0.05) is 41.4 Å². The summed E-state index contributed by atoms with van der Waals surface area (Å²) in [6.45, 7) is 0.0635. The summed E-state index contributed by atoms with van der Waals surface area (Å²) in [6.07, 6.45) is 5.81. The van der Waals surface area contributed by atoms with Crippen LogP contribution >= 0.6 is 0 Å². The molecule has 0 unspecified atom stereocenters. The molecule has 1 amide bonds. The Kier molecular flexibility index (Phi) is 4.58. The van der Waals surface area contributed by atoms with E-state index in [-0.39, 0.29) is 35.8 Å². The molecular weight excluding hydrogens is 328 g/mol. The maximum absolute atomic E-state index is 12.7. The molecule has 0 aliphatic carbocycles. The molecule has 0 radical (unpaired) electrons. The van der Waals surface area contributed by atoms with Gasteiger partial charge in [0.2, 0.25) is 0 Å². The highest BCUT2D eigenvalue weighted by molar-refractivity contribution is 7.91. The number of hydrogen-bond donors (Lipinski definition) is 0. The molecule has 2 atom stereocenters. The van der Waals surface area contributed by atoms with E-state index in [2.05, 4.69) is 11.1 Å². The summed E-state index contributed by atoms with van der Waals surface area (Å²) >= 11 is 0. The standard InChI is InChI=1S/C17H18N2O4S/c1-2-9-19(14-8-10-24(21,22)12-14)17(20)15-11-16(23-18-15)13-6-4-3-5-7-13/h1,3-7,14,16H,8-12H2/t14-,16-/m1/s1. The number of nitrogens with zero attached hydrogens (tertiary/aromatic N) is 2. The average molecular weight is 346 g/mol. The molecule has 24 heavy (non-hydrogen) atoms. The van der Waals surface area contributed by atoms with Crippen LogP contribution in [-0.2, 0) is 19.5 Å². The van der Waals surface area contributed by atoms with Crippen molar-refractivity contribution in [2.75, 3.05) is 18.1 Å². The Morgan fingerprint density at radius 3 is 2.75 bits per heavy atom. The van der Waals surface area contributed by atoms with Crippen LogP contribution in [0.4, 0.5) is 0 Å². The molecule has 0 N–H and O–H groups in total. The van der Waals surface area contributed by atoms with Crippen molar-refractivity contribution in [1.29, 1.82) is 0 Å². The summed E-state index contributed by atoms with van der Waals surface area (Å²) < 4.78 is 23.4. The average Bonchev–Trinajstić information content (AvgIpc) is 3.19. The van der Waals surface area contributed by atoms with E-state index in [1.807, 2.05) is 30.3 Å². The summed E-state index contributed by atoms with van der Waals surface area (Å²) in [5, 5.41) is 3.91. The molecule has 0 saturated carbocycles.